The van der Waals surface area contributed by atoms with Crippen LogP contribution in [0.25, 0.3) is 0 Å². The maximum absolute atomic E-state index is 12.5. The summed E-state index contributed by atoms with van der Waals surface area (Å²) in [5.41, 5.74) is 0.593. The lowest BCUT2D eigenvalue weighted by atomic mass is 10.2. The molecule has 5 heteroatoms. The van der Waals surface area contributed by atoms with Crippen molar-refractivity contribution in [2.24, 2.45) is 0 Å². The zero-order chi connectivity index (χ0) is 13.4. The predicted molar refractivity (Wildman–Crippen MR) is 79.7 cm³/mol. The highest BCUT2D eigenvalue weighted by Gasteiger charge is 2.32. The third-order valence-electron chi connectivity index (χ3n) is 3.85. The summed E-state index contributed by atoms with van der Waals surface area (Å²) < 4.78 is 0.775. The van der Waals surface area contributed by atoms with Crippen LogP contribution in [0.2, 0.25) is 5.02 Å². The van der Waals surface area contributed by atoms with Crippen molar-refractivity contribution < 1.29 is 4.79 Å². The minimum Gasteiger partial charge on any atom is -0.336 e. The molecule has 2 fully saturated rings. The van der Waals surface area contributed by atoms with E-state index in [1.807, 2.05) is 17.0 Å². The second-order valence-corrected chi connectivity index (χ2v) is 6.39. The molecule has 19 heavy (non-hydrogen) atoms. The summed E-state index contributed by atoms with van der Waals surface area (Å²) >= 11 is 9.56. The first-order valence-electron chi connectivity index (χ1n) is 6.64. The van der Waals surface area contributed by atoms with Gasteiger partial charge >= 0.3 is 0 Å². The molecule has 1 aliphatic heterocycles. The van der Waals surface area contributed by atoms with E-state index in [4.69, 9.17) is 11.6 Å². The van der Waals surface area contributed by atoms with E-state index in [1.54, 1.807) is 6.07 Å². The summed E-state index contributed by atoms with van der Waals surface area (Å²) in [6.07, 6.45) is 2.65. The van der Waals surface area contributed by atoms with Crippen LogP contribution in [0.3, 0.4) is 0 Å². The van der Waals surface area contributed by atoms with Crippen LogP contribution in [0, 0.1) is 0 Å². The maximum atomic E-state index is 12.5. The SMILES string of the molecule is O=C(c1cccc(Br)c1Cl)N1CCN(C2CC2)CC1. The Morgan fingerprint density at radius 3 is 2.53 bits per heavy atom. The van der Waals surface area contributed by atoms with Crippen molar-refractivity contribution in [2.45, 2.75) is 18.9 Å². The fraction of sp³-hybridized carbons (Fsp3) is 0.500. The molecule has 1 aromatic carbocycles. The number of carbonyl (C=O) groups is 1. The Bertz CT molecular complexity index is 496. The average Bonchev–Trinajstić information content (AvgIpc) is 3.26. The van der Waals surface area contributed by atoms with E-state index in [0.717, 1.165) is 36.7 Å². The number of amides is 1. The van der Waals surface area contributed by atoms with Gasteiger partial charge < -0.3 is 4.90 Å². The predicted octanol–water partition coefficient (Wildman–Crippen LogP) is 3.02. The Labute approximate surface area is 126 Å². The molecule has 102 valence electrons. The van der Waals surface area contributed by atoms with Crippen LogP contribution in [0.4, 0.5) is 0 Å². The van der Waals surface area contributed by atoms with Gasteiger partial charge in [0.1, 0.15) is 0 Å². The van der Waals surface area contributed by atoms with Crippen molar-refractivity contribution in [3.8, 4) is 0 Å². The second kappa shape index (κ2) is 5.43. The minimum absolute atomic E-state index is 0.0433. The molecule has 0 bridgehead atoms. The van der Waals surface area contributed by atoms with Crippen LogP contribution in [0.15, 0.2) is 22.7 Å². The van der Waals surface area contributed by atoms with Gasteiger partial charge in [-0.2, -0.15) is 0 Å². The lowest BCUT2D eigenvalue weighted by Crippen LogP contribution is -2.49. The van der Waals surface area contributed by atoms with Crippen molar-refractivity contribution in [1.29, 1.82) is 0 Å². The molecular weight excluding hydrogens is 328 g/mol. The third-order valence-corrected chi connectivity index (χ3v) is 5.14. The molecule has 1 heterocycles. The number of hydrogen-bond donors (Lipinski definition) is 0. The number of rotatable bonds is 2. The Hall–Kier alpha value is -0.580. The molecule has 0 atom stereocenters. The molecule has 1 aromatic rings. The Kier molecular flexibility index (Phi) is 3.83. The number of nitrogens with zero attached hydrogens (tertiary/aromatic N) is 2. The van der Waals surface area contributed by atoms with Crippen LogP contribution in [-0.2, 0) is 0 Å². The van der Waals surface area contributed by atoms with Crippen molar-refractivity contribution in [1.82, 2.24) is 9.80 Å². The summed E-state index contributed by atoms with van der Waals surface area (Å²) in [5.74, 6) is 0.0433. The smallest absolute Gasteiger partial charge is 0.255 e. The number of piperazine rings is 1. The molecule has 3 rings (SSSR count). The largest absolute Gasteiger partial charge is 0.336 e. The standard InChI is InChI=1S/C14H16BrClN2O/c15-12-3-1-2-11(13(12)16)14(19)18-8-6-17(7-9-18)10-4-5-10/h1-3,10H,4-9H2. The molecule has 0 aromatic heterocycles. The normalized spacial score (nSPS) is 20.6. The molecule has 1 saturated carbocycles. The second-order valence-electron chi connectivity index (χ2n) is 5.16. The molecule has 0 spiro atoms. The van der Waals surface area contributed by atoms with Gasteiger partial charge in [0, 0.05) is 36.7 Å². The summed E-state index contributed by atoms with van der Waals surface area (Å²) in [4.78, 5) is 16.9. The fourth-order valence-electron chi connectivity index (χ4n) is 2.57. The first-order chi connectivity index (χ1) is 9.16. The monoisotopic (exact) mass is 342 g/mol. The molecule has 1 saturated heterocycles. The van der Waals surface area contributed by atoms with Gasteiger partial charge in [0.15, 0.2) is 0 Å². The quantitative estimate of drug-likeness (QED) is 0.824. The van der Waals surface area contributed by atoms with E-state index in [1.165, 1.54) is 12.8 Å². The first kappa shape index (κ1) is 13.4. The van der Waals surface area contributed by atoms with Crippen molar-refractivity contribution in [3.63, 3.8) is 0 Å². The summed E-state index contributed by atoms with van der Waals surface area (Å²) in [6, 6.07) is 6.28. The molecule has 3 nitrogen and oxygen atoms in total. The number of benzene rings is 1. The van der Waals surface area contributed by atoms with E-state index >= 15 is 0 Å². The summed E-state index contributed by atoms with van der Waals surface area (Å²) in [5, 5.41) is 0.511. The fourth-order valence-corrected chi connectivity index (χ4v) is 3.14. The third kappa shape index (κ3) is 2.81. The Balaban J connectivity index is 1.69. The van der Waals surface area contributed by atoms with E-state index in [-0.39, 0.29) is 5.91 Å². The van der Waals surface area contributed by atoms with Gasteiger partial charge in [-0.3, -0.25) is 9.69 Å². The zero-order valence-electron chi connectivity index (χ0n) is 10.6. The van der Waals surface area contributed by atoms with Crippen LogP contribution < -0.4 is 0 Å². The molecule has 2 aliphatic rings. The zero-order valence-corrected chi connectivity index (χ0v) is 13.0. The van der Waals surface area contributed by atoms with Crippen LogP contribution in [-0.4, -0.2) is 47.9 Å². The van der Waals surface area contributed by atoms with E-state index in [0.29, 0.717) is 10.6 Å². The van der Waals surface area contributed by atoms with E-state index < -0.39 is 0 Å². The highest BCUT2D eigenvalue weighted by Crippen LogP contribution is 2.29. The van der Waals surface area contributed by atoms with Crippen LogP contribution in [0.1, 0.15) is 23.2 Å². The summed E-state index contributed by atoms with van der Waals surface area (Å²) in [6.45, 7) is 3.58. The lowest BCUT2D eigenvalue weighted by Gasteiger charge is -2.35. The van der Waals surface area contributed by atoms with Gasteiger partial charge in [-0.05, 0) is 40.9 Å². The Morgan fingerprint density at radius 1 is 1.21 bits per heavy atom. The molecular formula is C14H16BrClN2O. The van der Waals surface area contributed by atoms with Gasteiger partial charge in [-0.1, -0.05) is 17.7 Å². The maximum Gasteiger partial charge on any atom is 0.255 e. The number of halogens is 2. The van der Waals surface area contributed by atoms with Gasteiger partial charge in [-0.25, -0.2) is 0 Å². The minimum atomic E-state index is 0.0433. The highest BCUT2D eigenvalue weighted by molar-refractivity contribution is 9.10. The average molecular weight is 344 g/mol. The molecule has 0 unspecified atom stereocenters. The summed E-state index contributed by atoms with van der Waals surface area (Å²) in [7, 11) is 0. The Morgan fingerprint density at radius 2 is 1.89 bits per heavy atom. The van der Waals surface area contributed by atoms with Crippen molar-refractivity contribution >= 4 is 33.4 Å². The van der Waals surface area contributed by atoms with Gasteiger partial charge in [0.25, 0.3) is 5.91 Å². The van der Waals surface area contributed by atoms with Crippen molar-refractivity contribution in [2.75, 3.05) is 26.2 Å². The van der Waals surface area contributed by atoms with Gasteiger partial charge in [0.05, 0.1) is 10.6 Å². The highest BCUT2D eigenvalue weighted by atomic mass is 79.9. The van der Waals surface area contributed by atoms with Crippen molar-refractivity contribution in [3.05, 3.63) is 33.3 Å². The molecule has 1 amide bonds. The number of hydrogen-bond acceptors (Lipinski definition) is 2. The van der Waals surface area contributed by atoms with Gasteiger partial charge in [-0.15, -0.1) is 0 Å². The molecule has 1 aliphatic carbocycles. The lowest BCUT2D eigenvalue weighted by molar-refractivity contribution is 0.0627. The topological polar surface area (TPSA) is 23.6 Å². The van der Waals surface area contributed by atoms with Crippen LogP contribution in [0.5, 0.6) is 0 Å². The molecule has 0 radical (unpaired) electrons. The van der Waals surface area contributed by atoms with Crippen LogP contribution >= 0.6 is 27.5 Å². The number of carbonyl (C=O) groups excluding carboxylic acids is 1. The van der Waals surface area contributed by atoms with E-state index in [2.05, 4.69) is 20.8 Å². The van der Waals surface area contributed by atoms with Gasteiger partial charge in [0.2, 0.25) is 0 Å². The van der Waals surface area contributed by atoms with E-state index in [9.17, 15) is 4.79 Å². The first-order valence-corrected chi connectivity index (χ1v) is 7.81. The molecule has 0 N–H and O–H groups in total.